The van der Waals surface area contributed by atoms with Gasteiger partial charge in [-0.3, -0.25) is 0 Å². The molecule has 18 heavy (non-hydrogen) atoms. The van der Waals surface area contributed by atoms with Crippen molar-refractivity contribution in [2.45, 2.75) is 6.92 Å². The molecule has 0 heterocycles. The summed E-state index contributed by atoms with van der Waals surface area (Å²) in [5, 5.41) is 3.20. The van der Waals surface area contributed by atoms with Crippen molar-refractivity contribution in [1.29, 1.82) is 0 Å². The monoisotopic (exact) mass is 439 g/mol. The van der Waals surface area contributed by atoms with Gasteiger partial charge in [0, 0.05) is 26.0 Å². The van der Waals surface area contributed by atoms with Crippen LogP contribution in [0.2, 0.25) is 0 Å². The maximum Gasteiger partial charge on any atom is 0.330 e. The lowest BCUT2D eigenvalue weighted by Crippen LogP contribution is -2.03. The number of esters is 1. The van der Waals surface area contributed by atoms with Crippen LogP contribution in [0.15, 0.2) is 37.7 Å². The minimum Gasteiger partial charge on any atom is -0.463 e. The van der Waals surface area contributed by atoms with E-state index in [1.54, 1.807) is 13.0 Å². The molecule has 0 aliphatic carbocycles. The lowest BCUT2D eigenvalue weighted by atomic mass is 10.3. The van der Waals surface area contributed by atoms with E-state index in [4.69, 9.17) is 4.74 Å². The first kappa shape index (κ1) is 15.7. The molecule has 0 saturated heterocycles. The Balaban J connectivity index is 2.57. The number of halogens is 3. The summed E-state index contributed by atoms with van der Waals surface area (Å²) in [5.74, 6) is -0.326. The Labute approximate surface area is 131 Å². The molecular weight excluding hydrogens is 430 g/mol. The van der Waals surface area contributed by atoms with E-state index in [2.05, 4.69) is 53.1 Å². The van der Waals surface area contributed by atoms with Crippen molar-refractivity contribution in [1.82, 2.24) is 0 Å². The minimum absolute atomic E-state index is 0.326. The predicted octanol–water partition coefficient (Wildman–Crippen LogP) is 4.51. The summed E-state index contributed by atoms with van der Waals surface area (Å²) in [6.07, 6.45) is 3.14. The van der Waals surface area contributed by atoms with Crippen molar-refractivity contribution < 1.29 is 9.53 Å². The third-order valence-corrected chi connectivity index (χ3v) is 3.65. The van der Waals surface area contributed by atoms with E-state index < -0.39 is 0 Å². The minimum atomic E-state index is -0.326. The number of benzene rings is 1. The van der Waals surface area contributed by atoms with Crippen molar-refractivity contribution in [3.63, 3.8) is 0 Å². The normalized spacial score (nSPS) is 10.7. The molecule has 0 aliphatic heterocycles. The lowest BCUT2D eigenvalue weighted by molar-refractivity contribution is -0.137. The van der Waals surface area contributed by atoms with Crippen LogP contribution in [0, 0.1) is 0 Å². The van der Waals surface area contributed by atoms with Crippen molar-refractivity contribution in [3.05, 3.63) is 37.7 Å². The second-order valence-corrected chi connectivity index (χ2v) is 5.90. The van der Waals surface area contributed by atoms with Crippen molar-refractivity contribution in [2.24, 2.45) is 0 Å². The average Bonchev–Trinajstić information content (AvgIpc) is 2.27. The third kappa shape index (κ3) is 5.12. The number of hydrogen-bond donors (Lipinski definition) is 1. The van der Waals surface area contributed by atoms with E-state index in [0.29, 0.717) is 13.2 Å². The van der Waals surface area contributed by atoms with Gasteiger partial charge in [0.2, 0.25) is 0 Å². The van der Waals surface area contributed by atoms with Gasteiger partial charge < -0.3 is 10.1 Å². The highest BCUT2D eigenvalue weighted by Gasteiger charge is 2.05. The van der Waals surface area contributed by atoms with Crippen molar-refractivity contribution in [3.8, 4) is 0 Å². The molecular formula is C12H12Br3NO2. The molecule has 0 amide bonds. The van der Waals surface area contributed by atoms with Crippen LogP contribution in [-0.2, 0) is 9.53 Å². The van der Waals surface area contributed by atoms with Crippen LogP contribution in [0.25, 0.3) is 0 Å². The Morgan fingerprint density at radius 3 is 2.50 bits per heavy atom. The van der Waals surface area contributed by atoms with Gasteiger partial charge in [-0.1, -0.05) is 22.0 Å². The lowest BCUT2D eigenvalue weighted by Gasteiger charge is -2.09. The Bertz CT molecular complexity index is 438. The zero-order valence-electron chi connectivity index (χ0n) is 9.67. The molecule has 0 unspecified atom stereocenters. The molecule has 0 bridgehead atoms. The van der Waals surface area contributed by atoms with Crippen LogP contribution in [0.4, 0.5) is 5.69 Å². The second-order valence-electron chi connectivity index (χ2n) is 3.28. The van der Waals surface area contributed by atoms with Crippen LogP contribution in [0.5, 0.6) is 0 Å². The molecule has 1 aromatic carbocycles. The maximum absolute atomic E-state index is 11.1. The molecule has 1 N–H and O–H groups in total. The third-order valence-electron chi connectivity index (χ3n) is 1.94. The quantitative estimate of drug-likeness (QED) is 0.540. The first-order valence-corrected chi connectivity index (χ1v) is 7.64. The van der Waals surface area contributed by atoms with E-state index in [1.807, 2.05) is 12.1 Å². The summed E-state index contributed by atoms with van der Waals surface area (Å²) in [7, 11) is 0. The highest BCUT2D eigenvalue weighted by molar-refractivity contribution is 9.11. The number of anilines is 1. The Hall–Kier alpha value is -0.330. The SMILES string of the molecule is CCOC(=O)/C=C/CNc1c(Br)cc(Br)cc1Br. The van der Waals surface area contributed by atoms with Crippen LogP contribution in [-0.4, -0.2) is 19.1 Å². The average molecular weight is 442 g/mol. The molecule has 0 atom stereocenters. The molecule has 1 aromatic rings. The number of carbonyl (C=O) groups is 1. The van der Waals surface area contributed by atoms with Crippen LogP contribution >= 0.6 is 47.8 Å². The van der Waals surface area contributed by atoms with Gasteiger partial charge >= 0.3 is 5.97 Å². The molecule has 3 nitrogen and oxygen atoms in total. The van der Waals surface area contributed by atoms with E-state index in [-0.39, 0.29) is 5.97 Å². The number of carbonyl (C=O) groups excluding carboxylic acids is 1. The van der Waals surface area contributed by atoms with Gasteiger partial charge in [0.15, 0.2) is 0 Å². The number of rotatable bonds is 5. The van der Waals surface area contributed by atoms with E-state index in [1.165, 1.54) is 6.08 Å². The Kier molecular flexibility index (Phi) is 6.96. The molecule has 1 rings (SSSR count). The Morgan fingerprint density at radius 2 is 1.94 bits per heavy atom. The summed E-state index contributed by atoms with van der Waals surface area (Å²) >= 11 is 10.3. The summed E-state index contributed by atoms with van der Waals surface area (Å²) in [6.45, 7) is 2.71. The first-order chi connectivity index (χ1) is 8.54. The summed E-state index contributed by atoms with van der Waals surface area (Å²) < 4.78 is 7.64. The van der Waals surface area contributed by atoms with Gasteiger partial charge in [0.25, 0.3) is 0 Å². The standard InChI is InChI=1S/C12H12Br3NO2/c1-2-18-11(17)4-3-5-16-12-9(14)6-8(13)7-10(12)15/h3-4,6-7,16H,2,5H2,1H3/b4-3+. The van der Waals surface area contributed by atoms with E-state index >= 15 is 0 Å². The summed E-state index contributed by atoms with van der Waals surface area (Å²) in [6, 6.07) is 3.89. The van der Waals surface area contributed by atoms with Crippen LogP contribution in [0.1, 0.15) is 6.92 Å². The van der Waals surface area contributed by atoms with E-state index in [0.717, 1.165) is 19.1 Å². The Morgan fingerprint density at radius 1 is 1.33 bits per heavy atom. The molecule has 0 fully saturated rings. The zero-order chi connectivity index (χ0) is 13.5. The molecule has 0 saturated carbocycles. The predicted molar refractivity (Wildman–Crippen MR) is 83.8 cm³/mol. The molecule has 0 aromatic heterocycles. The number of hydrogen-bond acceptors (Lipinski definition) is 3. The van der Waals surface area contributed by atoms with E-state index in [9.17, 15) is 4.79 Å². The first-order valence-electron chi connectivity index (χ1n) is 5.26. The van der Waals surface area contributed by atoms with Gasteiger partial charge in [0.1, 0.15) is 0 Å². The largest absolute Gasteiger partial charge is 0.463 e. The molecule has 0 aliphatic rings. The fourth-order valence-electron chi connectivity index (χ4n) is 1.22. The number of nitrogens with one attached hydrogen (secondary N) is 1. The van der Waals surface area contributed by atoms with Crippen molar-refractivity contribution >= 4 is 59.4 Å². The van der Waals surface area contributed by atoms with Crippen molar-refractivity contribution in [2.75, 3.05) is 18.5 Å². The topological polar surface area (TPSA) is 38.3 Å². The molecule has 6 heteroatoms. The van der Waals surface area contributed by atoms with Gasteiger partial charge in [0.05, 0.1) is 12.3 Å². The smallest absolute Gasteiger partial charge is 0.330 e. The fraction of sp³-hybridized carbons (Fsp3) is 0.250. The highest BCUT2D eigenvalue weighted by Crippen LogP contribution is 2.34. The highest BCUT2D eigenvalue weighted by atomic mass is 79.9. The molecule has 98 valence electrons. The maximum atomic E-state index is 11.1. The number of ether oxygens (including phenoxy) is 1. The zero-order valence-corrected chi connectivity index (χ0v) is 14.4. The van der Waals surface area contributed by atoms with Gasteiger partial charge in [-0.2, -0.15) is 0 Å². The second kappa shape index (κ2) is 7.96. The van der Waals surface area contributed by atoms with Gasteiger partial charge in [-0.15, -0.1) is 0 Å². The molecule has 0 spiro atoms. The van der Waals surface area contributed by atoms with Crippen LogP contribution in [0.3, 0.4) is 0 Å². The van der Waals surface area contributed by atoms with Gasteiger partial charge in [-0.25, -0.2) is 4.79 Å². The fourth-order valence-corrected chi connectivity index (χ4v) is 3.76. The summed E-state index contributed by atoms with van der Waals surface area (Å²) in [4.78, 5) is 11.1. The van der Waals surface area contributed by atoms with Crippen LogP contribution < -0.4 is 5.32 Å². The molecule has 0 radical (unpaired) electrons. The van der Waals surface area contributed by atoms with Gasteiger partial charge in [-0.05, 0) is 50.9 Å². The summed E-state index contributed by atoms with van der Waals surface area (Å²) in [5.41, 5.74) is 0.937.